The van der Waals surface area contributed by atoms with Crippen molar-refractivity contribution in [1.82, 2.24) is 4.90 Å². The van der Waals surface area contributed by atoms with E-state index in [0.29, 0.717) is 24.9 Å². The van der Waals surface area contributed by atoms with Gasteiger partial charge in [-0.25, -0.2) is 0 Å². The number of ether oxygens (including phenoxy) is 1. The third kappa shape index (κ3) is 3.63. The first-order valence-electron chi connectivity index (χ1n) is 8.73. The van der Waals surface area contributed by atoms with Gasteiger partial charge < -0.3 is 14.7 Å². The molecule has 1 aliphatic heterocycles. The Morgan fingerprint density at radius 1 is 1.08 bits per heavy atom. The zero-order valence-corrected chi connectivity index (χ0v) is 14.9. The molecule has 26 heavy (non-hydrogen) atoms. The third-order valence-corrected chi connectivity index (χ3v) is 4.98. The van der Waals surface area contributed by atoms with Gasteiger partial charge in [-0.1, -0.05) is 42.5 Å². The molecule has 2 aromatic carbocycles. The van der Waals surface area contributed by atoms with E-state index in [2.05, 4.69) is 0 Å². The normalized spacial score (nSPS) is 20.0. The summed E-state index contributed by atoms with van der Waals surface area (Å²) in [7, 11) is 1.49. The van der Waals surface area contributed by atoms with Crippen LogP contribution in [-0.2, 0) is 9.53 Å². The maximum atomic E-state index is 12.9. The average molecular weight is 353 g/mol. The molecule has 0 spiro atoms. The monoisotopic (exact) mass is 353 g/mol. The van der Waals surface area contributed by atoms with Gasteiger partial charge in [0, 0.05) is 25.8 Å². The standard InChI is InChI=1S/C21H23NO4/c1-26-15-21(20(24)25)12-5-13-22(14-21)19(23)18-10-8-17(9-11-18)16-6-3-2-4-7-16/h2-4,6-11H,5,12-15H2,1H3,(H,24,25). The number of rotatable bonds is 5. The molecule has 136 valence electrons. The van der Waals surface area contributed by atoms with Crippen LogP contribution in [0.4, 0.5) is 0 Å². The number of likely N-dealkylation sites (tertiary alicyclic amines) is 1. The van der Waals surface area contributed by atoms with E-state index in [-0.39, 0.29) is 19.1 Å². The fourth-order valence-corrected chi connectivity index (χ4v) is 3.55. The Balaban J connectivity index is 1.77. The molecule has 1 N–H and O–H groups in total. The number of aliphatic carboxylic acids is 1. The van der Waals surface area contributed by atoms with Crippen LogP contribution in [0.2, 0.25) is 0 Å². The van der Waals surface area contributed by atoms with Crippen molar-refractivity contribution in [2.45, 2.75) is 12.8 Å². The van der Waals surface area contributed by atoms with Gasteiger partial charge in [-0.2, -0.15) is 0 Å². The van der Waals surface area contributed by atoms with Crippen molar-refractivity contribution >= 4 is 11.9 Å². The van der Waals surface area contributed by atoms with Crippen LogP contribution < -0.4 is 0 Å². The number of carboxylic acids is 1. The van der Waals surface area contributed by atoms with E-state index in [0.717, 1.165) is 11.1 Å². The first-order valence-corrected chi connectivity index (χ1v) is 8.73. The fraction of sp³-hybridized carbons (Fsp3) is 0.333. The minimum Gasteiger partial charge on any atom is -0.481 e. The van der Waals surface area contributed by atoms with Gasteiger partial charge in [0.25, 0.3) is 5.91 Å². The Labute approximate surface area is 153 Å². The molecular weight excluding hydrogens is 330 g/mol. The molecule has 1 aliphatic rings. The number of piperidine rings is 1. The van der Waals surface area contributed by atoms with Gasteiger partial charge in [-0.3, -0.25) is 9.59 Å². The van der Waals surface area contributed by atoms with E-state index >= 15 is 0 Å². The minimum atomic E-state index is -1.02. The van der Waals surface area contributed by atoms with E-state index in [9.17, 15) is 14.7 Å². The van der Waals surface area contributed by atoms with Gasteiger partial charge in [0.15, 0.2) is 0 Å². The molecule has 0 bridgehead atoms. The van der Waals surface area contributed by atoms with E-state index in [1.54, 1.807) is 17.0 Å². The van der Waals surface area contributed by atoms with Crippen LogP contribution in [0.15, 0.2) is 54.6 Å². The number of carbonyl (C=O) groups excluding carboxylic acids is 1. The summed E-state index contributed by atoms with van der Waals surface area (Å²) in [6.07, 6.45) is 1.18. The molecule has 0 radical (unpaired) electrons. The summed E-state index contributed by atoms with van der Waals surface area (Å²) in [6.45, 7) is 0.854. The summed E-state index contributed by atoms with van der Waals surface area (Å²) in [6, 6.07) is 17.4. The van der Waals surface area contributed by atoms with Crippen molar-refractivity contribution in [2.24, 2.45) is 5.41 Å². The summed E-state index contributed by atoms with van der Waals surface area (Å²) < 4.78 is 5.13. The quantitative estimate of drug-likeness (QED) is 0.895. The molecule has 0 aliphatic carbocycles. The zero-order valence-electron chi connectivity index (χ0n) is 14.9. The molecule has 2 aromatic rings. The zero-order chi connectivity index (χ0) is 18.6. The lowest BCUT2D eigenvalue weighted by Crippen LogP contribution is -2.52. The van der Waals surface area contributed by atoms with Crippen LogP contribution in [0.1, 0.15) is 23.2 Å². The minimum absolute atomic E-state index is 0.110. The lowest BCUT2D eigenvalue weighted by atomic mass is 9.80. The van der Waals surface area contributed by atoms with Crippen molar-refractivity contribution in [2.75, 3.05) is 26.8 Å². The molecular formula is C21H23NO4. The highest BCUT2D eigenvalue weighted by Crippen LogP contribution is 2.32. The van der Waals surface area contributed by atoms with E-state index in [1.165, 1.54) is 7.11 Å². The maximum Gasteiger partial charge on any atom is 0.313 e. The number of benzene rings is 2. The second-order valence-corrected chi connectivity index (χ2v) is 6.79. The first kappa shape index (κ1) is 18.1. The van der Waals surface area contributed by atoms with Crippen LogP contribution in [0.5, 0.6) is 0 Å². The molecule has 3 rings (SSSR count). The molecule has 0 aromatic heterocycles. The number of carboxylic acid groups (broad SMARTS) is 1. The molecule has 1 fully saturated rings. The highest BCUT2D eigenvalue weighted by Gasteiger charge is 2.43. The summed E-state index contributed by atoms with van der Waals surface area (Å²) in [4.78, 5) is 26.2. The van der Waals surface area contributed by atoms with Crippen LogP contribution in [0.25, 0.3) is 11.1 Å². The smallest absolute Gasteiger partial charge is 0.313 e. The van der Waals surface area contributed by atoms with Crippen LogP contribution in [-0.4, -0.2) is 48.7 Å². The molecule has 1 saturated heterocycles. The largest absolute Gasteiger partial charge is 0.481 e. The van der Waals surface area contributed by atoms with Crippen molar-refractivity contribution < 1.29 is 19.4 Å². The van der Waals surface area contributed by atoms with Gasteiger partial charge in [-0.05, 0) is 36.1 Å². The molecule has 1 unspecified atom stereocenters. The Kier molecular flexibility index (Phi) is 5.38. The summed E-state index contributed by atoms with van der Waals surface area (Å²) in [5.41, 5.74) is 1.69. The Morgan fingerprint density at radius 2 is 1.73 bits per heavy atom. The summed E-state index contributed by atoms with van der Waals surface area (Å²) in [5, 5.41) is 9.63. The van der Waals surface area contributed by atoms with Crippen molar-refractivity contribution in [3.8, 4) is 11.1 Å². The number of hydrogen-bond acceptors (Lipinski definition) is 3. The van der Waals surface area contributed by atoms with Crippen LogP contribution in [0, 0.1) is 5.41 Å². The highest BCUT2D eigenvalue weighted by molar-refractivity contribution is 5.95. The predicted octanol–water partition coefficient (Wildman–Crippen LogP) is 3.31. The van der Waals surface area contributed by atoms with Gasteiger partial charge in [0.2, 0.25) is 0 Å². The van der Waals surface area contributed by atoms with Crippen molar-refractivity contribution in [3.05, 3.63) is 60.2 Å². The lowest BCUT2D eigenvalue weighted by molar-refractivity contribution is -0.155. The Hall–Kier alpha value is -2.66. The second-order valence-electron chi connectivity index (χ2n) is 6.79. The summed E-state index contributed by atoms with van der Waals surface area (Å²) in [5.74, 6) is -1.04. The lowest BCUT2D eigenvalue weighted by Gasteiger charge is -2.39. The Bertz CT molecular complexity index is 768. The molecule has 1 atom stereocenters. The molecule has 5 heteroatoms. The molecule has 1 amide bonds. The number of hydrogen-bond donors (Lipinski definition) is 1. The third-order valence-electron chi connectivity index (χ3n) is 4.98. The van der Waals surface area contributed by atoms with E-state index < -0.39 is 11.4 Å². The Morgan fingerprint density at radius 3 is 2.35 bits per heavy atom. The van der Waals surface area contributed by atoms with Crippen LogP contribution in [0.3, 0.4) is 0 Å². The van der Waals surface area contributed by atoms with Gasteiger partial charge >= 0.3 is 5.97 Å². The predicted molar refractivity (Wildman–Crippen MR) is 99.0 cm³/mol. The number of amides is 1. The van der Waals surface area contributed by atoms with Gasteiger partial charge in [0.05, 0.1) is 6.61 Å². The van der Waals surface area contributed by atoms with Crippen molar-refractivity contribution in [3.63, 3.8) is 0 Å². The first-order chi connectivity index (χ1) is 12.6. The molecule has 5 nitrogen and oxygen atoms in total. The summed E-state index contributed by atoms with van der Waals surface area (Å²) >= 11 is 0. The van der Waals surface area contributed by atoms with Crippen LogP contribution >= 0.6 is 0 Å². The SMILES string of the molecule is COCC1(C(=O)O)CCCN(C(=O)c2ccc(-c3ccccc3)cc2)C1. The van der Waals surface area contributed by atoms with E-state index in [4.69, 9.17) is 4.74 Å². The molecule has 0 saturated carbocycles. The fourth-order valence-electron chi connectivity index (χ4n) is 3.55. The van der Waals surface area contributed by atoms with Crippen molar-refractivity contribution in [1.29, 1.82) is 0 Å². The topological polar surface area (TPSA) is 66.8 Å². The number of carbonyl (C=O) groups is 2. The highest BCUT2D eigenvalue weighted by atomic mass is 16.5. The average Bonchev–Trinajstić information content (AvgIpc) is 2.68. The van der Waals surface area contributed by atoms with E-state index in [1.807, 2.05) is 42.5 Å². The molecule has 1 heterocycles. The van der Waals surface area contributed by atoms with Gasteiger partial charge in [0.1, 0.15) is 5.41 Å². The van der Waals surface area contributed by atoms with Gasteiger partial charge in [-0.15, -0.1) is 0 Å². The maximum absolute atomic E-state index is 12.9. The number of nitrogens with zero attached hydrogens (tertiary/aromatic N) is 1. The number of methoxy groups -OCH3 is 1. The second kappa shape index (κ2) is 7.70.